The van der Waals surface area contributed by atoms with Gasteiger partial charge in [-0.05, 0) is 19.8 Å². The van der Waals surface area contributed by atoms with Gasteiger partial charge < -0.3 is 9.88 Å². The summed E-state index contributed by atoms with van der Waals surface area (Å²) >= 11 is 1.35. The van der Waals surface area contributed by atoms with Crippen molar-refractivity contribution in [2.75, 3.05) is 18.8 Å². The summed E-state index contributed by atoms with van der Waals surface area (Å²) in [4.78, 5) is 24.6. The van der Waals surface area contributed by atoms with Crippen molar-refractivity contribution in [2.24, 2.45) is 0 Å². The predicted octanol–water partition coefficient (Wildman–Crippen LogP) is 0.819. The standard InChI is InChI=1S/C12H17N5O2S/c1-2-16-10(8-3-4-8)14-15-12(16)20-7-9(18)17-6-5-13-11(17)19/h8H,2-7H2,1H3,(H,13,19). The highest BCUT2D eigenvalue weighted by Crippen LogP contribution is 2.39. The quantitative estimate of drug-likeness (QED) is 0.813. The van der Waals surface area contributed by atoms with Crippen LogP contribution in [0, 0.1) is 0 Å². The summed E-state index contributed by atoms with van der Waals surface area (Å²) in [5.74, 6) is 1.61. The molecule has 7 nitrogen and oxygen atoms in total. The molecule has 2 aliphatic rings. The molecule has 1 N–H and O–H groups in total. The number of amides is 3. The van der Waals surface area contributed by atoms with Crippen molar-refractivity contribution in [1.82, 2.24) is 25.0 Å². The van der Waals surface area contributed by atoms with Crippen molar-refractivity contribution < 1.29 is 9.59 Å². The molecule has 3 rings (SSSR count). The lowest BCUT2D eigenvalue weighted by atomic mass is 10.4. The van der Waals surface area contributed by atoms with Crippen LogP contribution in [0.5, 0.6) is 0 Å². The van der Waals surface area contributed by atoms with E-state index in [1.54, 1.807) is 0 Å². The Bertz CT molecular complexity index is 540. The number of imide groups is 1. The predicted molar refractivity (Wildman–Crippen MR) is 73.5 cm³/mol. The van der Waals surface area contributed by atoms with Gasteiger partial charge in [-0.2, -0.15) is 0 Å². The van der Waals surface area contributed by atoms with Gasteiger partial charge in [-0.15, -0.1) is 10.2 Å². The van der Waals surface area contributed by atoms with Crippen LogP contribution in [0.3, 0.4) is 0 Å². The number of carbonyl (C=O) groups is 2. The highest BCUT2D eigenvalue weighted by Gasteiger charge is 2.31. The third kappa shape index (κ3) is 2.52. The number of hydrogen-bond acceptors (Lipinski definition) is 5. The smallest absolute Gasteiger partial charge is 0.324 e. The van der Waals surface area contributed by atoms with Crippen LogP contribution in [0.4, 0.5) is 4.79 Å². The Kier molecular flexibility index (Phi) is 3.64. The minimum atomic E-state index is -0.300. The highest BCUT2D eigenvalue weighted by molar-refractivity contribution is 7.99. The molecule has 1 aromatic rings. The molecular formula is C12H17N5O2S. The fourth-order valence-electron chi connectivity index (χ4n) is 2.26. The van der Waals surface area contributed by atoms with Gasteiger partial charge in [-0.25, -0.2) is 4.79 Å². The summed E-state index contributed by atoms with van der Waals surface area (Å²) in [6.45, 7) is 3.84. The molecule has 0 atom stereocenters. The number of nitrogens with zero attached hydrogens (tertiary/aromatic N) is 4. The molecule has 0 aromatic carbocycles. The summed E-state index contributed by atoms with van der Waals surface area (Å²) < 4.78 is 2.07. The minimum Gasteiger partial charge on any atom is -0.336 e. The second-order valence-corrected chi connectivity index (χ2v) is 5.87. The zero-order chi connectivity index (χ0) is 14.1. The lowest BCUT2D eigenvalue weighted by molar-refractivity contribution is -0.124. The number of aromatic nitrogens is 3. The third-order valence-electron chi connectivity index (χ3n) is 3.49. The molecule has 1 saturated carbocycles. The summed E-state index contributed by atoms with van der Waals surface area (Å²) in [5.41, 5.74) is 0. The fourth-order valence-corrected chi connectivity index (χ4v) is 3.15. The average molecular weight is 295 g/mol. The van der Waals surface area contributed by atoms with Crippen molar-refractivity contribution >= 4 is 23.7 Å². The van der Waals surface area contributed by atoms with E-state index < -0.39 is 0 Å². The Labute approximate surface area is 121 Å². The molecule has 1 aliphatic carbocycles. The molecule has 1 aliphatic heterocycles. The number of thioether (sulfide) groups is 1. The Balaban J connectivity index is 1.63. The first-order valence-electron chi connectivity index (χ1n) is 6.84. The van der Waals surface area contributed by atoms with Crippen molar-refractivity contribution in [3.8, 4) is 0 Å². The fraction of sp³-hybridized carbons (Fsp3) is 0.667. The summed E-state index contributed by atoms with van der Waals surface area (Å²) in [7, 11) is 0. The first kappa shape index (κ1) is 13.4. The second kappa shape index (κ2) is 5.43. The van der Waals surface area contributed by atoms with Crippen LogP contribution >= 0.6 is 11.8 Å². The normalized spacial score (nSPS) is 18.4. The number of nitrogens with one attached hydrogen (secondary N) is 1. The Morgan fingerprint density at radius 2 is 2.25 bits per heavy atom. The van der Waals surface area contributed by atoms with E-state index in [1.165, 1.54) is 29.5 Å². The monoisotopic (exact) mass is 295 g/mol. The van der Waals surface area contributed by atoms with E-state index in [1.807, 2.05) is 0 Å². The van der Waals surface area contributed by atoms with Crippen molar-refractivity contribution in [1.29, 1.82) is 0 Å². The molecule has 3 amide bonds. The summed E-state index contributed by atoms with van der Waals surface area (Å²) in [5, 5.41) is 11.8. The van der Waals surface area contributed by atoms with Crippen LogP contribution in [0.25, 0.3) is 0 Å². The van der Waals surface area contributed by atoms with Gasteiger partial charge in [0.1, 0.15) is 5.82 Å². The molecular weight excluding hydrogens is 278 g/mol. The highest BCUT2D eigenvalue weighted by atomic mass is 32.2. The van der Waals surface area contributed by atoms with E-state index >= 15 is 0 Å². The van der Waals surface area contributed by atoms with E-state index in [-0.39, 0.29) is 17.7 Å². The Morgan fingerprint density at radius 1 is 1.45 bits per heavy atom. The van der Waals surface area contributed by atoms with Crippen LogP contribution in [0.2, 0.25) is 0 Å². The molecule has 20 heavy (non-hydrogen) atoms. The third-order valence-corrected chi connectivity index (χ3v) is 4.44. The van der Waals surface area contributed by atoms with Gasteiger partial charge in [-0.1, -0.05) is 11.8 Å². The first-order valence-corrected chi connectivity index (χ1v) is 7.83. The zero-order valence-corrected chi connectivity index (χ0v) is 12.2. The number of hydrogen-bond donors (Lipinski definition) is 1. The van der Waals surface area contributed by atoms with Gasteiger partial charge in [0, 0.05) is 25.6 Å². The van der Waals surface area contributed by atoms with Crippen molar-refractivity contribution in [2.45, 2.75) is 37.4 Å². The number of urea groups is 1. The van der Waals surface area contributed by atoms with Gasteiger partial charge >= 0.3 is 6.03 Å². The Morgan fingerprint density at radius 3 is 2.85 bits per heavy atom. The summed E-state index contributed by atoms with van der Waals surface area (Å²) in [6.07, 6.45) is 2.35. The van der Waals surface area contributed by atoms with Crippen LogP contribution in [-0.2, 0) is 11.3 Å². The van der Waals surface area contributed by atoms with Gasteiger partial charge in [0.2, 0.25) is 5.91 Å². The van der Waals surface area contributed by atoms with Crippen molar-refractivity contribution in [3.63, 3.8) is 0 Å². The molecule has 8 heteroatoms. The molecule has 2 heterocycles. The van der Waals surface area contributed by atoms with Crippen molar-refractivity contribution in [3.05, 3.63) is 5.82 Å². The average Bonchev–Trinajstić information content (AvgIpc) is 3.06. The molecule has 108 valence electrons. The van der Waals surface area contributed by atoms with Gasteiger partial charge in [0.25, 0.3) is 0 Å². The largest absolute Gasteiger partial charge is 0.336 e. The number of carbonyl (C=O) groups excluding carboxylic acids is 2. The van der Waals surface area contributed by atoms with E-state index in [0.717, 1.165) is 17.5 Å². The minimum absolute atomic E-state index is 0.177. The maximum atomic E-state index is 12.0. The van der Waals surface area contributed by atoms with Gasteiger partial charge in [0.15, 0.2) is 5.16 Å². The molecule has 0 spiro atoms. The maximum Gasteiger partial charge on any atom is 0.324 e. The topological polar surface area (TPSA) is 80.1 Å². The SMILES string of the molecule is CCn1c(SCC(=O)N2CCNC2=O)nnc1C1CC1. The molecule has 1 saturated heterocycles. The van der Waals surface area contributed by atoms with E-state index in [9.17, 15) is 9.59 Å². The van der Waals surface area contributed by atoms with Crippen LogP contribution in [0.1, 0.15) is 31.5 Å². The molecule has 2 fully saturated rings. The molecule has 0 unspecified atom stereocenters. The molecule has 1 aromatic heterocycles. The van der Waals surface area contributed by atoms with Gasteiger partial charge in [-0.3, -0.25) is 9.69 Å². The lowest BCUT2D eigenvalue weighted by Crippen LogP contribution is -2.35. The molecule has 0 radical (unpaired) electrons. The Hall–Kier alpha value is -1.57. The van der Waals surface area contributed by atoms with Crippen LogP contribution in [-0.4, -0.2) is 50.4 Å². The lowest BCUT2D eigenvalue weighted by Gasteiger charge is -2.11. The van der Waals surface area contributed by atoms with Gasteiger partial charge in [0.05, 0.1) is 5.75 Å². The summed E-state index contributed by atoms with van der Waals surface area (Å²) in [6, 6.07) is -0.300. The second-order valence-electron chi connectivity index (χ2n) is 4.93. The van der Waals surface area contributed by atoms with E-state index in [4.69, 9.17) is 0 Å². The first-order chi connectivity index (χ1) is 9.70. The molecule has 0 bridgehead atoms. The maximum absolute atomic E-state index is 12.0. The number of rotatable bonds is 5. The van der Waals surface area contributed by atoms with Crippen LogP contribution < -0.4 is 5.32 Å². The zero-order valence-electron chi connectivity index (χ0n) is 11.3. The van der Waals surface area contributed by atoms with Crippen LogP contribution in [0.15, 0.2) is 5.16 Å². The van der Waals surface area contributed by atoms with E-state index in [0.29, 0.717) is 19.0 Å². The van der Waals surface area contributed by atoms with E-state index in [2.05, 4.69) is 27.0 Å².